The average Bonchev–Trinajstić information content (AvgIpc) is 3.39. The first-order valence-corrected chi connectivity index (χ1v) is 14.2. The zero-order chi connectivity index (χ0) is 30.0. The largest absolute Gasteiger partial charge is 0.488 e. The van der Waals surface area contributed by atoms with Crippen LogP contribution in [-0.2, 0) is 22.1 Å². The summed E-state index contributed by atoms with van der Waals surface area (Å²) in [4.78, 5) is 26.8. The molecule has 42 heavy (non-hydrogen) atoms. The molecule has 2 aromatic carbocycles. The van der Waals surface area contributed by atoms with Gasteiger partial charge in [0, 0.05) is 62.0 Å². The van der Waals surface area contributed by atoms with Gasteiger partial charge in [-0.15, -0.1) is 0 Å². The van der Waals surface area contributed by atoms with Crippen molar-refractivity contribution in [2.24, 2.45) is 0 Å². The Balaban J connectivity index is 1.02. The number of hydrogen-bond acceptors (Lipinski definition) is 7. The zero-order valence-electron chi connectivity index (χ0n) is 23.2. The molecule has 2 aromatic rings. The predicted octanol–water partition coefficient (Wildman–Crippen LogP) is 5.03. The van der Waals surface area contributed by atoms with Crippen LogP contribution in [0.3, 0.4) is 0 Å². The van der Waals surface area contributed by atoms with Crippen molar-refractivity contribution in [1.29, 1.82) is 0 Å². The second-order valence-electron chi connectivity index (χ2n) is 11.2. The average molecular weight is 595 g/mol. The maximum absolute atomic E-state index is 13.6. The number of fused-ring (bicyclic) bond motifs is 1. The molecule has 228 valence electrons. The van der Waals surface area contributed by atoms with Crippen molar-refractivity contribution in [3.8, 4) is 5.75 Å². The number of alkyl halides is 3. The highest BCUT2D eigenvalue weighted by Crippen LogP contribution is 2.38. The fourth-order valence-corrected chi connectivity index (χ4v) is 6.03. The number of nitrogens with one attached hydrogen (secondary N) is 1. The summed E-state index contributed by atoms with van der Waals surface area (Å²) < 4.78 is 65.3. The van der Waals surface area contributed by atoms with Gasteiger partial charge in [-0.1, -0.05) is 0 Å². The van der Waals surface area contributed by atoms with Gasteiger partial charge in [-0.3, -0.25) is 19.8 Å². The van der Waals surface area contributed by atoms with E-state index in [1.807, 2.05) is 0 Å². The van der Waals surface area contributed by atoms with Crippen LogP contribution in [0.4, 0.5) is 28.9 Å². The molecule has 2 atom stereocenters. The van der Waals surface area contributed by atoms with Crippen LogP contribution >= 0.6 is 0 Å². The van der Waals surface area contributed by atoms with E-state index in [0.29, 0.717) is 58.3 Å². The number of nitrogens with zero attached hydrogens (tertiary/aromatic N) is 3. The topological polar surface area (TPSA) is 97.2 Å². The normalized spacial score (nSPS) is 23.6. The molecule has 1 saturated carbocycles. The van der Waals surface area contributed by atoms with E-state index in [1.165, 1.54) is 18.2 Å². The summed E-state index contributed by atoms with van der Waals surface area (Å²) in [6.45, 7) is 4.62. The Hall–Kier alpha value is -3.45. The second kappa shape index (κ2) is 12.4. The van der Waals surface area contributed by atoms with Gasteiger partial charge in [0.2, 0.25) is 5.91 Å². The number of ether oxygens (including phenoxy) is 2. The minimum Gasteiger partial charge on any atom is -0.488 e. The van der Waals surface area contributed by atoms with Gasteiger partial charge >= 0.3 is 6.18 Å². The molecular weight excluding hydrogens is 560 g/mol. The number of carbonyl (C=O) groups is 1. The Kier molecular flexibility index (Phi) is 8.88. The second-order valence-corrected chi connectivity index (χ2v) is 11.2. The van der Waals surface area contributed by atoms with Crippen molar-refractivity contribution in [3.05, 3.63) is 63.5 Å². The Morgan fingerprint density at radius 2 is 1.83 bits per heavy atom. The molecule has 2 heterocycles. The number of benzene rings is 2. The number of nitro benzene ring substituents is 1. The lowest BCUT2D eigenvalue weighted by Crippen LogP contribution is -2.55. The van der Waals surface area contributed by atoms with Gasteiger partial charge in [0.05, 0.1) is 11.0 Å². The van der Waals surface area contributed by atoms with E-state index in [4.69, 9.17) is 9.47 Å². The van der Waals surface area contributed by atoms with Gasteiger partial charge in [-0.25, -0.2) is 4.39 Å². The first-order chi connectivity index (χ1) is 20.0. The Labute approximate surface area is 240 Å². The summed E-state index contributed by atoms with van der Waals surface area (Å²) in [6.07, 6.45) is -1.82. The Morgan fingerprint density at radius 1 is 1.12 bits per heavy atom. The molecule has 0 aromatic heterocycles. The fraction of sp³-hybridized carbons (Fsp3) is 0.552. The summed E-state index contributed by atoms with van der Waals surface area (Å²) in [5.74, 6) is 0.383. The van der Waals surface area contributed by atoms with E-state index < -0.39 is 22.4 Å². The lowest BCUT2D eigenvalue weighted by Gasteiger charge is -2.39. The molecule has 5 rings (SSSR count). The number of nitro groups is 1. The summed E-state index contributed by atoms with van der Waals surface area (Å²) in [7, 11) is 0. The van der Waals surface area contributed by atoms with Crippen molar-refractivity contribution in [3.63, 3.8) is 0 Å². The van der Waals surface area contributed by atoms with Crippen LogP contribution < -0.4 is 10.1 Å². The maximum atomic E-state index is 13.6. The van der Waals surface area contributed by atoms with Crippen LogP contribution in [0.1, 0.15) is 43.7 Å². The first-order valence-electron chi connectivity index (χ1n) is 14.2. The third kappa shape index (κ3) is 6.95. The summed E-state index contributed by atoms with van der Waals surface area (Å²) in [5.41, 5.74) is -1.20. The van der Waals surface area contributed by atoms with Crippen molar-refractivity contribution >= 4 is 17.3 Å². The molecule has 1 saturated heterocycles. The van der Waals surface area contributed by atoms with Crippen molar-refractivity contribution < 1.29 is 36.8 Å². The number of piperazine rings is 1. The van der Waals surface area contributed by atoms with Gasteiger partial charge in [-0.05, 0) is 62.9 Å². The van der Waals surface area contributed by atoms with E-state index >= 15 is 0 Å². The molecule has 0 spiro atoms. The van der Waals surface area contributed by atoms with Crippen LogP contribution in [0.2, 0.25) is 0 Å². The van der Waals surface area contributed by atoms with E-state index in [1.54, 1.807) is 11.0 Å². The van der Waals surface area contributed by atoms with Crippen LogP contribution in [0.5, 0.6) is 5.75 Å². The van der Waals surface area contributed by atoms with Crippen molar-refractivity contribution in [1.82, 2.24) is 9.80 Å². The lowest BCUT2D eigenvalue weighted by molar-refractivity contribution is -0.388. The summed E-state index contributed by atoms with van der Waals surface area (Å²) in [6, 6.07) is 7.54. The standard InChI is InChI=1S/C29H34F4N4O5/c1-18(27-15-19-14-20(30)2-9-26(19)42-27)35-10-12-36(13-11-35)28(38)17-41-23-6-3-21(4-7-23)34-22-5-8-25(37(39)40)24(16-22)29(31,32)33/h2,5,8-9,14,16,18,21,23,27,34H,3-4,6-7,10-13,15,17H2,1H3/t18-,21?,23?,27+/m0/s1. The number of anilines is 1. The van der Waals surface area contributed by atoms with E-state index in [0.717, 1.165) is 23.4 Å². The van der Waals surface area contributed by atoms with Crippen molar-refractivity contribution in [2.45, 2.75) is 69.5 Å². The molecule has 2 fully saturated rings. The SMILES string of the molecule is C[C@@H]([C@H]1Cc2cc(F)ccc2O1)N1CCN(C(=O)COC2CCC(Nc3ccc([N+](=O)[O-])c(C(F)(F)F)c3)CC2)CC1. The molecular formula is C29H34F4N4O5. The van der Waals surface area contributed by atoms with Gasteiger partial charge in [-0.2, -0.15) is 13.2 Å². The Bertz CT molecular complexity index is 1290. The molecule has 0 bridgehead atoms. The number of hydrogen-bond donors (Lipinski definition) is 1. The Morgan fingerprint density at radius 3 is 2.50 bits per heavy atom. The molecule has 13 heteroatoms. The number of halogens is 4. The lowest BCUT2D eigenvalue weighted by atomic mass is 9.92. The van der Waals surface area contributed by atoms with Crippen LogP contribution in [0.15, 0.2) is 36.4 Å². The summed E-state index contributed by atoms with van der Waals surface area (Å²) in [5, 5.41) is 14.0. The minimum atomic E-state index is -4.83. The third-order valence-corrected chi connectivity index (χ3v) is 8.49. The highest BCUT2D eigenvalue weighted by atomic mass is 19.4. The monoisotopic (exact) mass is 594 g/mol. The van der Waals surface area contributed by atoms with Gasteiger partial charge in [0.25, 0.3) is 5.69 Å². The highest BCUT2D eigenvalue weighted by molar-refractivity contribution is 5.77. The minimum absolute atomic E-state index is 0.0256. The molecule has 9 nitrogen and oxygen atoms in total. The van der Waals surface area contributed by atoms with Gasteiger partial charge in [0.1, 0.15) is 29.8 Å². The fourth-order valence-electron chi connectivity index (χ4n) is 6.03. The zero-order valence-corrected chi connectivity index (χ0v) is 23.2. The molecule has 3 aliphatic rings. The molecule has 1 aliphatic carbocycles. The molecule has 1 amide bonds. The molecule has 1 N–H and O–H groups in total. The van der Waals surface area contributed by atoms with Gasteiger partial charge < -0.3 is 19.7 Å². The third-order valence-electron chi connectivity index (χ3n) is 8.49. The smallest absolute Gasteiger partial charge is 0.423 e. The molecule has 0 unspecified atom stereocenters. The number of amides is 1. The number of carbonyl (C=O) groups excluding carboxylic acids is 1. The maximum Gasteiger partial charge on any atom is 0.423 e. The molecule has 0 radical (unpaired) electrons. The number of rotatable bonds is 8. The van der Waals surface area contributed by atoms with Crippen LogP contribution in [0.25, 0.3) is 0 Å². The molecule has 2 aliphatic heterocycles. The van der Waals surface area contributed by atoms with E-state index in [2.05, 4.69) is 17.1 Å². The predicted molar refractivity (Wildman–Crippen MR) is 146 cm³/mol. The first kappa shape index (κ1) is 30.0. The van der Waals surface area contributed by atoms with Crippen LogP contribution in [0, 0.1) is 15.9 Å². The van der Waals surface area contributed by atoms with Crippen molar-refractivity contribution in [2.75, 3.05) is 38.1 Å². The van der Waals surface area contributed by atoms with E-state index in [-0.39, 0.29) is 48.3 Å². The quantitative estimate of drug-likeness (QED) is 0.260. The highest BCUT2D eigenvalue weighted by Gasteiger charge is 2.39. The van der Waals surface area contributed by atoms with Crippen LogP contribution in [-0.4, -0.2) is 77.7 Å². The summed E-state index contributed by atoms with van der Waals surface area (Å²) >= 11 is 0. The van der Waals surface area contributed by atoms with Gasteiger partial charge in [0.15, 0.2) is 0 Å². The van der Waals surface area contributed by atoms with E-state index in [9.17, 15) is 32.5 Å².